The lowest BCUT2D eigenvalue weighted by atomic mass is 9.97. The van der Waals surface area contributed by atoms with E-state index in [1.807, 2.05) is 0 Å². The van der Waals surface area contributed by atoms with Crippen molar-refractivity contribution in [2.75, 3.05) is 0 Å². The molecule has 0 aliphatic rings. The van der Waals surface area contributed by atoms with E-state index in [9.17, 15) is 8.78 Å². The number of hydrogen-bond acceptors (Lipinski definition) is 2. The summed E-state index contributed by atoms with van der Waals surface area (Å²) in [4.78, 5) is 0. The Bertz CT molecular complexity index is 602. The number of aryl methyl sites for hydroxylation is 1. The van der Waals surface area contributed by atoms with Crippen LogP contribution in [-0.4, -0.2) is 0 Å². The second-order valence-electron chi connectivity index (χ2n) is 4.25. The Kier molecular flexibility index (Phi) is 4.29. The number of hydrazine groups is 1. The van der Waals surface area contributed by atoms with Gasteiger partial charge in [-0.1, -0.05) is 24.3 Å². The van der Waals surface area contributed by atoms with Gasteiger partial charge in [0.25, 0.3) is 0 Å². The molecule has 0 saturated heterocycles. The molecule has 2 rings (SSSR count). The van der Waals surface area contributed by atoms with Crippen LogP contribution in [0.15, 0.2) is 40.9 Å². The predicted octanol–water partition coefficient (Wildman–Crippen LogP) is 3.59. The molecule has 100 valence electrons. The molecule has 0 aliphatic carbocycles. The van der Waals surface area contributed by atoms with Crippen molar-refractivity contribution >= 4 is 15.9 Å². The predicted molar refractivity (Wildman–Crippen MR) is 74.4 cm³/mol. The Morgan fingerprint density at radius 1 is 1.21 bits per heavy atom. The summed E-state index contributed by atoms with van der Waals surface area (Å²) in [6.45, 7) is 1.66. The van der Waals surface area contributed by atoms with Gasteiger partial charge in [0.15, 0.2) is 0 Å². The fraction of sp³-hybridized carbons (Fsp3) is 0.143. The summed E-state index contributed by atoms with van der Waals surface area (Å²) >= 11 is 3.14. The Balaban J connectivity index is 2.50. The highest BCUT2D eigenvalue weighted by atomic mass is 79.9. The van der Waals surface area contributed by atoms with Gasteiger partial charge in [-0.25, -0.2) is 14.2 Å². The number of hydrogen-bond donors (Lipinski definition) is 2. The van der Waals surface area contributed by atoms with Crippen LogP contribution in [0.4, 0.5) is 8.78 Å². The minimum atomic E-state index is -0.531. The van der Waals surface area contributed by atoms with Crippen molar-refractivity contribution in [1.82, 2.24) is 5.43 Å². The molecule has 19 heavy (non-hydrogen) atoms. The normalized spacial score (nSPS) is 12.5. The summed E-state index contributed by atoms with van der Waals surface area (Å²) in [6.07, 6.45) is 0. The van der Waals surface area contributed by atoms with Gasteiger partial charge in [0, 0.05) is 5.56 Å². The molecule has 2 aromatic rings. The van der Waals surface area contributed by atoms with Crippen LogP contribution in [0, 0.1) is 18.6 Å². The molecule has 0 aromatic heterocycles. The maximum absolute atomic E-state index is 14.1. The largest absolute Gasteiger partial charge is 0.271 e. The van der Waals surface area contributed by atoms with Crippen LogP contribution in [0.25, 0.3) is 0 Å². The fourth-order valence-electron chi connectivity index (χ4n) is 1.96. The SMILES string of the molecule is Cc1cc(C(NN)c2cccc(Br)c2F)ccc1F. The van der Waals surface area contributed by atoms with Gasteiger partial charge in [0.05, 0.1) is 10.5 Å². The molecular weight excluding hydrogens is 314 g/mol. The summed E-state index contributed by atoms with van der Waals surface area (Å²) in [5.74, 6) is 4.84. The van der Waals surface area contributed by atoms with Crippen molar-refractivity contribution in [2.24, 2.45) is 5.84 Å². The topological polar surface area (TPSA) is 38.0 Å². The Labute approximate surface area is 118 Å². The van der Waals surface area contributed by atoms with Crippen molar-refractivity contribution in [3.63, 3.8) is 0 Å². The maximum atomic E-state index is 14.1. The van der Waals surface area contributed by atoms with E-state index in [1.165, 1.54) is 6.07 Å². The Morgan fingerprint density at radius 3 is 2.58 bits per heavy atom. The summed E-state index contributed by atoms with van der Waals surface area (Å²) in [5.41, 5.74) is 4.17. The van der Waals surface area contributed by atoms with Crippen LogP contribution in [0.3, 0.4) is 0 Å². The molecule has 0 bridgehead atoms. The molecule has 2 nitrogen and oxygen atoms in total. The van der Waals surface area contributed by atoms with Crippen molar-refractivity contribution in [3.05, 3.63) is 69.2 Å². The van der Waals surface area contributed by atoms with Crippen molar-refractivity contribution < 1.29 is 8.78 Å². The van der Waals surface area contributed by atoms with E-state index >= 15 is 0 Å². The number of nitrogens with two attached hydrogens (primary N) is 1. The summed E-state index contributed by atoms with van der Waals surface area (Å²) in [7, 11) is 0. The van der Waals surface area contributed by atoms with Crippen molar-refractivity contribution in [2.45, 2.75) is 13.0 Å². The van der Waals surface area contributed by atoms with Gasteiger partial charge in [0.2, 0.25) is 0 Å². The van der Waals surface area contributed by atoms with E-state index in [0.717, 1.165) is 0 Å². The average Bonchev–Trinajstić information content (AvgIpc) is 2.39. The molecule has 0 saturated carbocycles. The molecule has 5 heteroatoms. The Hall–Kier alpha value is -1.30. The molecule has 3 N–H and O–H groups in total. The van der Waals surface area contributed by atoms with Gasteiger partial charge >= 0.3 is 0 Å². The highest BCUT2D eigenvalue weighted by Gasteiger charge is 2.18. The van der Waals surface area contributed by atoms with Crippen molar-refractivity contribution in [3.8, 4) is 0 Å². The molecule has 1 unspecified atom stereocenters. The first-order valence-electron chi connectivity index (χ1n) is 5.70. The van der Waals surface area contributed by atoms with E-state index in [4.69, 9.17) is 5.84 Å². The quantitative estimate of drug-likeness (QED) is 0.668. The third-order valence-electron chi connectivity index (χ3n) is 2.97. The van der Waals surface area contributed by atoms with Crippen LogP contribution in [0.2, 0.25) is 0 Å². The lowest BCUT2D eigenvalue weighted by Gasteiger charge is -2.18. The smallest absolute Gasteiger partial charge is 0.142 e. The third kappa shape index (κ3) is 2.83. The molecule has 0 radical (unpaired) electrons. The van der Waals surface area contributed by atoms with E-state index < -0.39 is 6.04 Å². The standard InChI is InChI=1S/C14H13BrF2N2/c1-8-7-9(5-6-12(8)16)14(19-18)10-3-2-4-11(15)13(10)17/h2-7,14,19H,18H2,1H3. The minimum Gasteiger partial charge on any atom is -0.271 e. The molecule has 1 atom stereocenters. The number of halogens is 3. The monoisotopic (exact) mass is 326 g/mol. The molecule has 0 aliphatic heterocycles. The van der Waals surface area contributed by atoms with Crippen LogP contribution in [0.1, 0.15) is 22.7 Å². The average molecular weight is 327 g/mol. The van der Waals surface area contributed by atoms with Crippen LogP contribution in [0.5, 0.6) is 0 Å². The third-order valence-corrected chi connectivity index (χ3v) is 3.59. The number of rotatable bonds is 3. The molecular formula is C14H13BrF2N2. The highest BCUT2D eigenvalue weighted by molar-refractivity contribution is 9.10. The zero-order chi connectivity index (χ0) is 14.0. The first-order valence-corrected chi connectivity index (χ1v) is 6.50. The lowest BCUT2D eigenvalue weighted by Crippen LogP contribution is -2.29. The zero-order valence-electron chi connectivity index (χ0n) is 10.3. The second kappa shape index (κ2) is 5.77. The zero-order valence-corrected chi connectivity index (χ0v) is 11.8. The summed E-state index contributed by atoms with van der Waals surface area (Å²) in [6, 6.07) is 9.05. The van der Waals surface area contributed by atoms with E-state index in [0.29, 0.717) is 21.2 Å². The highest BCUT2D eigenvalue weighted by Crippen LogP contribution is 2.28. The van der Waals surface area contributed by atoms with Gasteiger partial charge in [-0.15, -0.1) is 0 Å². The minimum absolute atomic E-state index is 0.297. The number of benzene rings is 2. The van der Waals surface area contributed by atoms with Crippen molar-refractivity contribution in [1.29, 1.82) is 0 Å². The van der Waals surface area contributed by atoms with Crippen LogP contribution < -0.4 is 11.3 Å². The van der Waals surface area contributed by atoms with E-state index in [2.05, 4.69) is 21.4 Å². The van der Waals surface area contributed by atoms with Crippen LogP contribution in [-0.2, 0) is 0 Å². The molecule has 0 fully saturated rings. The van der Waals surface area contributed by atoms with Gasteiger partial charge in [0.1, 0.15) is 11.6 Å². The number of nitrogens with one attached hydrogen (secondary N) is 1. The molecule has 0 amide bonds. The summed E-state index contributed by atoms with van der Waals surface area (Å²) in [5, 5.41) is 0. The summed E-state index contributed by atoms with van der Waals surface area (Å²) < 4.78 is 27.7. The van der Waals surface area contributed by atoms with Gasteiger partial charge in [-0.3, -0.25) is 5.84 Å². The van der Waals surface area contributed by atoms with E-state index in [-0.39, 0.29) is 11.6 Å². The molecule has 0 spiro atoms. The van der Waals surface area contributed by atoms with Crippen LogP contribution >= 0.6 is 15.9 Å². The van der Waals surface area contributed by atoms with Gasteiger partial charge in [-0.2, -0.15) is 0 Å². The van der Waals surface area contributed by atoms with Gasteiger partial charge < -0.3 is 0 Å². The van der Waals surface area contributed by atoms with Gasteiger partial charge in [-0.05, 0) is 46.1 Å². The first-order chi connectivity index (χ1) is 9.04. The fourth-order valence-corrected chi connectivity index (χ4v) is 2.34. The lowest BCUT2D eigenvalue weighted by molar-refractivity contribution is 0.554. The Morgan fingerprint density at radius 2 is 1.95 bits per heavy atom. The van der Waals surface area contributed by atoms with E-state index in [1.54, 1.807) is 37.3 Å². The maximum Gasteiger partial charge on any atom is 0.142 e. The second-order valence-corrected chi connectivity index (χ2v) is 5.11. The molecule has 2 aromatic carbocycles. The molecule has 0 heterocycles. The first kappa shape index (κ1) is 14.1.